The molecule has 1 heteroatoms. The molecular formula is C22H17F. The first-order chi connectivity index (χ1) is 11.2. The number of aryl methyl sites for hydroxylation is 1. The molecule has 0 nitrogen and oxygen atoms in total. The van der Waals surface area contributed by atoms with Crippen LogP contribution in [-0.4, -0.2) is 0 Å². The minimum Gasteiger partial charge on any atom is -0.207 e. The van der Waals surface area contributed by atoms with Crippen LogP contribution in [-0.2, 0) is 6.42 Å². The molecule has 0 heterocycles. The highest BCUT2D eigenvalue weighted by Gasteiger charge is 2.04. The van der Waals surface area contributed by atoms with Gasteiger partial charge in [-0.15, -0.1) is 0 Å². The van der Waals surface area contributed by atoms with Crippen molar-refractivity contribution in [3.05, 3.63) is 84.2 Å². The molecule has 0 aliphatic heterocycles. The lowest BCUT2D eigenvalue weighted by atomic mass is 9.96. The van der Waals surface area contributed by atoms with Crippen LogP contribution in [0.25, 0.3) is 32.7 Å². The molecule has 4 aromatic carbocycles. The van der Waals surface area contributed by atoms with Gasteiger partial charge in [-0.2, -0.15) is 0 Å². The van der Waals surface area contributed by atoms with E-state index in [1.165, 1.54) is 39.2 Å². The normalized spacial score (nSPS) is 11.2. The Balaban J connectivity index is 1.89. The van der Waals surface area contributed by atoms with E-state index in [1.807, 2.05) is 12.1 Å². The van der Waals surface area contributed by atoms with Gasteiger partial charge in [-0.1, -0.05) is 61.5 Å². The zero-order valence-electron chi connectivity index (χ0n) is 13.0. The molecule has 0 aromatic heterocycles. The maximum absolute atomic E-state index is 13.1. The van der Waals surface area contributed by atoms with E-state index in [0.29, 0.717) is 0 Å². The lowest BCUT2D eigenvalue weighted by molar-refractivity contribution is 0.628. The average molecular weight is 300 g/mol. The third-order valence-electron chi connectivity index (χ3n) is 4.49. The third kappa shape index (κ3) is 2.49. The van der Waals surface area contributed by atoms with Crippen molar-refractivity contribution < 1.29 is 4.39 Å². The second-order valence-electron chi connectivity index (χ2n) is 5.92. The van der Waals surface area contributed by atoms with Gasteiger partial charge in [-0.3, -0.25) is 0 Å². The predicted molar refractivity (Wildman–Crippen MR) is 96.2 cm³/mol. The average Bonchev–Trinajstić information content (AvgIpc) is 2.61. The minimum absolute atomic E-state index is 0.202. The van der Waals surface area contributed by atoms with Crippen LogP contribution >= 0.6 is 0 Å². The van der Waals surface area contributed by atoms with Crippen LogP contribution in [0.15, 0.2) is 72.8 Å². The quantitative estimate of drug-likeness (QED) is 0.378. The molecule has 0 aliphatic carbocycles. The second-order valence-corrected chi connectivity index (χ2v) is 5.92. The Hall–Kier alpha value is -2.67. The first-order valence-electron chi connectivity index (χ1n) is 7.96. The van der Waals surface area contributed by atoms with Gasteiger partial charge in [0, 0.05) is 0 Å². The molecule has 0 saturated carbocycles. The molecule has 0 atom stereocenters. The summed E-state index contributed by atoms with van der Waals surface area (Å²) in [6.45, 7) is 2.18. The predicted octanol–water partition coefficient (Wildman–Crippen LogP) is 6.36. The molecule has 0 N–H and O–H groups in total. The summed E-state index contributed by atoms with van der Waals surface area (Å²) in [4.78, 5) is 0. The fraction of sp³-hybridized carbons (Fsp3) is 0.0909. The molecule has 4 aromatic rings. The monoisotopic (exact) mass is 300 g/mol. The van der Waals surface area contributed by atoms with Crippen LogP contribution in [0.5, 0.6) is 0 Å². The molecule has 0 fully saturated rings. The fourth-order valence-corrected chi connectivity index (χ4v) is 3.16. The number of fused-ring (bicyclic) bond motifs is 3. The Morgan fingerprint density at radius 3 is 1.96 bits per heavy atom. The Bertz CT molecular complexity index is 997. The molecule has 23 heavy (non-hydrogen) atoms. The summed E-state index contributed by atoms with van der Waals surface area (Å²) in [7, 11) is 0. The van der Waals surface area contributed by atoms with E-state index in [-0.39, 0.29) is 5.82 Å². The van der Waals surface area contributed by atoms with E-state index in [1.54, 1.807) is 0 Å². The molecule has 0 spiro atoms. The van der Waals surface area contributed by atoms with Gasteiger partial charge in [0.25, 0.3) is 0 Å². The van der Waals surface area contributed by atoms with E-state index in [9.17, 15) is 4.39 Å². The van der Waals surface area contributed by atoms with Crippen molar-refractivity contribution in [2.75, 3.05) is 0 Å². The van der Waals surface area contributed by atoms with Gasteiger partial charge in [0.1, 0.15) is 5.82 Å². The van der Waals surface area contributed by atoms with Crippen LogP contribution in [0.4, 0.5) is 4.39 Å². The number of halogens is 1. The van der Waals surface area contributed by atoms with Gasteiger partial charge in [-0.05, 0) is 62.9 Å². The molecule has 4 rings (SSSR count). The van der Waals surface area contributed by atoms with Gasteiger partial charge in [0.15, 0.2) is 0 Å². The van der Waals surface area contributed by atoms with Crippen molar-refractivity contribution in [2.24, 2.45) is 0 Å². The van der Waals surface area contributed by atoms with Crippen LogP contribution < -0.4 is 0 Å². The van der Waals surface area contributed by atoms with Crippen molar-refractivity contribution in [3.8, 4) is 11.1 Å². The van der Waals surface area contributed by atoms with E-state index in [4.69, 9.17) is 0 Å². The molecule has 0 radical (unpaired) electrons. The number of rotatable bonds is 2. The molecule has 0 amide bonds. The third-order valence-corrected chi connectivity index (χ3v) is 4.49. The Labute approximate surface area is 135 Å². The number of benzene rings is 4. The Morgan fingerprint density at radius 2 is 1.26 bits per heavy atom. The minimum atomic E-state index is -0.202. The summed E-state index contributed by atoms with van der Waals surface area (Å²) in [5.74, 6) is -0.202. The Morgan fingerprint density at radius 1 is 0.652 bits per heavy atom. The number of hydrogen-bond donors (Lipinski definition) is 0. The van der Waals surface area contributed by atoms with E-state index < -0.39 is 0 Å². The molecule has 0 saturated heterocycles. The van der Waals surface area contributed by atoms with Crippen molar-refractivity contribution >= 4 is 21.5 Å². The van der Waals surface area contributed by atoms with E-state index in [2.05, 4.69) is 55.5 Å². The zero-order chi connectivity index (χ0) is 15.8. The summed E-state index contributed by atoms with van der Waals surface area (Å²) in [6.07, 6.45) is 1.05. The standard InChI is InChI=1S/C22H17F/c1-2-15-3-11-21-18(13-15)4-5-19-14-17(8-12-22(19)21)16-6-9-20(23)10-7-16/h3-14H,2H2,1H3. The zero-order valence-corrected chi connectivity index (χ0v) is 13.0. The number of hydrogen-bond acceptors (Lipinski definition) is 0. The first-order valence-corrected chi connectivity index (χ1v) is 7.96. The van der Waals surface area contributed by atoms with E-state index >= 15 is 0 Å². The van der Waals surface area contributed by atoms with Gasteiger partial charge in [0.05, 0.1) is 0 Å². The fourth-order valence-electron chi connectivity index (χ4n) is 3.16. The maximum atomic E-state index is 13.1. The van der Waals surface area contributed by atoms with Crippen molar-refractivity contribution in [1.29, 1.82) is 0 Å². The highest BCUT2D eigenvalue weighted by atomic mass is 19.1. The second kappa shape index (κ2) is 5.51. The van der Waals surface area contributed by atoms with Gasteiger partial charge in [0.2, 0.25) is 0 Å². The molecular weight excluding hydrogens is 283 g/mol. The van der Waals surface area contributed by atoms with Crippen LogP contribution in [0.3, 0.4) is 0 Å². The topological polar surface area (TPSA) is 0 Å². The van der Waals surface area contributed by atoms with Crippen molar-refractivity contribution in [3.63, 3.8) is 0 Å². The molecule has 112 valence electrons. The molecule has 0 aliphatic rings. The van der Waals surface area contributed by atoms with Gasteiger partial charge in [-0.25, -0.2) is 4.39 Å². The highest BCUT2D eigenvalue weighted by molar-refractivity contribution is 6.08. The smallest absolute Gasteiger partial charge is 0.123 e. The summed E-state index contributed by atoms with van der Waals surface area (Å²) >= 11 is 0. The van der Waals surface area contributed by atoms with Crippen molar-refractivity contribution in [2.45, 2.75) is 13.3 Å². The van der Waals surface area contributed by atoms with Gasteiger partial charge >= 0.3 is 0 Å². The van der Waals surface area contributed by atoms with Crippen LogP contribution in [0, 0.1) is 5.82 Å². The lowest BCUT2D eigenvalue weighted by Crippen LogP contribution is -1.84. The lowest BCUT2D eigenvalue weighted by Gasteiger charge is -2.08. The largest absolute Gasteiger partial charge is 0.207 e. The summed E-state index contributed by atoms with van der Waals surface area (Å²) in [5, 5.41) is 5.04. The summed E-state index contributed by atoms with van der Waals surface area (Å²) in [5.41, 5.74) is 3.51. The highest BCUT2D eigenvalue weighted by Crippen LogP contribution is 2.30. The maximum Gasteiger partial charge on any atom is 0.123 e. The van der Waals surface area contributed by atoms with Crippen LogP contribution in [0.2, 0.25) is 0 Å². The van der Waals surface area contributed by atoms with Gasteiger partial charge < -0.3 is 0 Å². The van der Waals surface area contributed by atoms with Crippen molar-refractivity contribution in [1.82, 2.24) is 0 Å². The first kappa shape index (κ1) is 14.0. The summed E-state index contributed by atoms with van der Waals surface area (Å²) < 4.78 is 13.1. The SMILES string of the molecule is CCc1ccc2c(ccc3cc(-c4ccc(F)cc4)ccc32)c1. The molecule has 0 bridgehead atoms. The van der Waals surface area contributed by atoms with Crippen LogP contribution in [0.1, 0.15) is 12.5 Å². The Kier molecular flexibility index (Phi) is 3.34. The van der Waals surface area contributed by atoms with E-state index in [0.717, 1.165) is 17.5 Å². The summed E-state index contributed by atoms with van der Waals surface area (Å²) in [6, 6.07) is 24.2. The molecule has 0 unspecified atom stereocenters.